The Morgan fingerprint density at radius 1 is 1.15 bits per heavy atom. The fraction of sp³-hybridized carbons (Fsp3) is 0.0476. The molecule has 4 nitrogen and oxygen atoms in total. The number of carbonyl (C=O) groups is 1. The molecule has 6 heteroatoms. The SMILES string of the molecule is C=CCOc1ccc(N(C(=O)C=C)c2nc(-c3ccc(F)cc3)cs2)cc1. The number of anilines is 2. The van der Waals surface area contributed by atoms with E-state index in [0.717, 1.165) is 5.56 Å². The van der Waals surface area contributed by atoms with E-state index in [0.29, 0.717) is 28.9 Å². The van der Waals surface area contributed by atoms with Crippen molar-refractivity contribution in [2.45, 2.75) is 0 Å². The summed E-state index contributed by atoms with van der Waals surface area (Å²) in [5.41, 5.74) is 2.09. The van der Waals surface area contributed by atoms with Gasteiger partial charge in [-0.25, -0.2) is 9.37 Å². The number of nitrogens with zero attached hydrogens (tertiary/aromatic N) is 2. The molecule has 1 heterocycles. The summed E-state index contributed by atoms with van der Waals surface area (Å²) in [5, 5.41) is 2.33. The summed E-state index contributed by atoms with van der Waals surface area (Å²) in [6.45, 7) is 7.59. The van der Waals surface area contributed by atoms with Crippen LogP contribution in [0, 0.1) is 5.82 Å². The Kier molecular flexibility index (Phi) is 5.78. The zero-order valence-electron chi connectivity index (χ0n) is 14.5. The van der Waals surface area contributed by atoms with Gasteiger partial charge in [-0.2, -0.15) is 0 Å². The van der Waals surface area contributed by atoms with Crippen LogP contribution in [0.5, 0.6) is 5.75 Å². The maximum absolute atomic E-state index is 13.1. The highest BCUT2D eigenvalue weighted by molar-refractivity contribution is 7.14. The summed E-state index contributed by atoms with van der Waals surface area (Å²) >= 11 is 1.32. The lowest BCUT2D eigenvalue weighted by Crippen LogP contribution is -2.23. The zero-order valence-corrected chi connectivity index (χ0v) is 15.3. The van der Waals surface area contributed by atoms with Crippen LogP contribution < -0.4 is 9.64 Å². The fourth-order valence-corrected chi connectivity index (χ4v) is 3.25. The number of ether oxygens (including phenoxy) is 1. The van der Waals surface area contributed by atoms with E-state index in [-0.39, 0.29) is 11.7 Å². The molecule has 2 aromatic carbocycles. The van der Waals surface area contributed by atoms with Crippen LogP contribution in [0.25, 0.3) is 11.3 Å². The van der Waals surface area contributed by atoms with Crippen LogP contribution in [0.4, 0.5) is 15.2 Å². The predicted molar refractivity (Wildman–Crippen MR) is 107 cm³/mol. The quantitative estimate of drug-likeness (QED) is 0.409. The molecule has 0 atom stereocenters. The molecule has 0 saturated heterocycles. The van der Waals surface area contributed by atoms with Crippen LogP contribution >= 0.6 is 11.3 Å². The predicted octanol–water partition coefficient (Wildman–Crippen LogP) is 5.36. The highest BCUT2D eigenvalue weighted by Gasteiger charge is 2.19. The summed E-state index contributed by atoms with van der Waals surface area (Å²) < 4.78 is 18.6. The number of amides is 1. The lowest BCUT2D eigenvalue weighted by atomic mass is 10.2. The van der Waals surface area contributed by atoms with Gasteiger partial charge >= 0.3 is 0 Å². The lowest BCUT2D eigenvalue weighted by molar-refractivity contribution is -0.113. The maximum atomic E-state index is 13.1. The average Bonchev–Trinajstić information content (AvgIpc) is 3.17. The van der Waals surface area contributed by atoms with E-state index < -0.39 is 0 Å². The van der Waals surface area contributed by atoms with Gasteiger partial charge in [-0.15, -0.1) is 11.3 Å². The number of rotatable bonds is 7. The van der Waals surface area contributed by atoms with E-state index in [1.54, 1.807) is 42.5 Å². The molecule has 0 N–H and O–H groups in total. The minimum absolute atomic E-state index is 0.297. The number of carbonyl (C=O) groups excluding carboxylic acids is 1. The number of benzene rings is 2. The van der Waals surface area contributed by atoms with Gasteiger partial charge in [0.2, 0.25) is 0 Å². The van der Waals surface area contributed by atoms with E-state index in [1.807, 2.05) is 5.38 Å². The molecule has 1 amide bonds. The molecule has 0 spiro atoms. The molecule has 0 aliphatic carbocycles. The summed E-state index contributed by atoms with van der Waals surface area (Å²) in [7, 11) is 0. The van der Waals surface area contributed by atoms with Gasteiger partial charge in [-0.1, -0.05) is 19.2 Å². The van der Waals surface area contributed by atoms with Gasteiger partial charge in [0.1, 0.15) is 18.2 Å². The number of halogens is 1. The normalized spacial score (nSPS) is 10.3. The van der Waals surface area contributed by atoms with Gasteiger partial charge in [0.05, 0.1) is 11.4 Å². The Labute approximate surface area is 160 Å². The molecule has 0 saturated carbocycles. The fourth-order valence-electron chi connectivity index (χ4n) is 2.39. The minimum Gasteiger partial charge on any atom is -0.490 e. The third-order valence-corrected chi connectivity index (χ3v) is 4.51. The molecule has 0 aliphatic heterocycles. The molecule has 3 aromatic rings. The summed E-state index contributed by atoms with van der Waals surface area (Å²) in [6.07, 6.45) is 2.90. The van der Waals surface area contributed by atoms with Crippen LogP contribution in [0.2, 0.25) is 0 Å². The molecule has 3 rings (SSSR count). The number of aromatic nitrogens is 1. The first-order valence-electron chi connectivity index (χ1n) is 8.14. The highest BCUT2D eigenvalue weighted by Crippen LogP contribution is 2.33. The molecule has 1 aromatic heterocycles. The second-order valence-electron chi connectivity index (χ2n) is 5.49. The molecular formula is C21H17FN2O2S. The molecule has 136 valence electrons. The van der Waals surface area contributed by atoms with Crippen molar-refractivity contribution in [3.8, 4) is 17.0 Å². The summed E-state index contributed by atoms with van der Waals surface area (Å²) in [4.78, 5) is 18.5. The van der Waals surface area contributed by atoms with Gasteiger partial charge in [-0.05, 0) is 54.6 Å². The standard InChI is InChI=1S/C21H17FN2O2S/c1-3-13-26-18-11-9-17(10-12-18)24(20(25)4-2)21-23-19(14-27-21)15-5-7-16(22)8-6-15/h3-12,14H,1-2,13H2. The van der Waals surface area contributed by atoms with E-state index in [2.05, 4.69) is 18.1 Å². The van der Waals surface area contributed by atoms with Crippen molar-refractivity contribution in [3.63, 3.8) is 0 Å². The molecule has 0 fully saturated rings. The molecule has 0 aliphatic rings. The Morgan fingerprint density at radius 3 is 2.48 bits per heavy atom. The van der Waals surface area contributed by atoms with Crippen molar-refractivity contribution < 1.29 is 13.9 Å². The smallest absolute Gasteiger partial charge is 0.256 e. The van der Waals surface area contributed by atoms with E-state index >= 15 is 0 Å². The van der Waals surface area contributed by atoms with Crippen LogP contribution in [-0.4, -0.2) is 17.5 Å². The monoisotopic (exact) mass is 380 g/mol. The molecule has 0 bridgehead atoms. The van der Waals surface area contributed by atoms with Crippen molar-refractivity contribution in [2.75, 3.05) is 11.5 Å². The lowest BCUT2D eigenvalue weighted by Gasteiger charge is -2.18. The topological polar surface area (TPSA) is 42.4 Å². The van der Waals surface area contributed by atoms with Gasteiger partial charge < -0.3 is 4.74 Å². The maximum Gasteiger partial charge on any atom is 0.256 e. The van der Waals surface area contributed by atoms with Gasteiger partial charge in [-0.3, -0.25) is 9.69 Å². The Hall–Kier alpha value is -3.25. The van der Waals surface area contributed by atoms with Crippen molar-refractivity contribution in [1.82, 2.24) is 4.98 Å². The second-order valence-corrected chi connectivity index (χ2v) is 6.33. The average molecular weight is 380 g/mol. The summed E-state index contributed by atoms with van der Waals surface area (Å²) in [5.74, 6) is 0.0713. The number of hydrogen-bond donors (Lipinski definition) is 0. The minimum atomic E-state index is -0.309. The van der Waals surface area contributed by atoms with Crippen molar-refractivity contribution in [2.24, 2.45) is 0 Å². The van der Waals surface area contributed by atoms with Crippen molar-refractivity contribution in [1.29, 1.82) is 0 Å². The van der Waals surface area contributed by atoms with Crippen LogP contribution in [-0.2, 0) is 4.79 Å². The van der Waals surface area contributed by atoms with Gasteiger partial charge in [0.25, 0.3) is 5.91 Å². The first-order chi connectivity index (χ1) is 13.1. The van der Waals surface area contributed by atoms with Crippen LogP contribution in [0.15, 0.2) is 79.2 Å². The summed E-state index contributed by atoms with van der Waals surface area (Å²) in [6, 6.07) is 13.2. The van der Waals surface area contributed by atoms with E-state index in [4.69, 9.17) is 4.74 Å². The zero-order chi connectivity index (χ0) is 19.2. The van der Waals surface area contributed by atoms with Crippen molar-refractivity contribution >= 4 is 28.1 Å². The molecule has 27 heavy (non-hydrogen) atoms. The molecule has 0 unspecified atom stereocenters. The Morgan fingerprint density at radius 2 is 1.85 bits per heavy atom. The van der Waals surface area contributed by atoms with Crippen molar-refractivity contribution in [3.05, 3.63) is 85.0 Å². The number of hydrogen-bond acceptors (Lipinski definition) is 4. The third-order valence-electron chi connectivity index (χ3n) is 3.68. The largest absolute Gasteiger partial charge is 0.490 e. The molecular weight excluding hydrogens is 363 g/mol. The van der Waals surface area contributed by atoms with Crippen LogP contribution in [0.3, 0.4) is 0 Å². The Balaban J connectivity index is 1.91. The van der Waals surface area contributed by atoms with Gasteiger partial charge in [0.15, 0.2) is 5.13 Å². The highest BCUT2D eigenvalue weighted by atomic mass is 32.1. The Bertz CT molecular complexity index is 949. The first-order valence-corrected chi connectivity index (χ1v) is 9.02. The van der Waals surface area contributed by atoms with Crippen LogP contribution in [0.1, 0.15) is 0 Å². The number of thiazole rings is 1. The van der Waals surface area contributed by atoms with Gasteiger partial charge in [0, 0.05) is 10.9 Å². The van der Waals surface area contributed by atoms with E-state index in [9.17, 15) is 9.18 Å². The molecule has 0 radical (unpaired) electrons. The van der Waals surface area contributed by atoms with E-state index in [1.165, 1.54) is 34.4 Å². The third kappa shape index (κ3) is 4.30. The second kappa shape index (κ2) is 8.42. The first kappa shape index (κ1) is 18.5.